The molecule has 0 fully saturated rings. The van der Waals surface area contributed by atoms with E-state index in [0.717, 1.165) is 0 Å². The minimum absolute atomic E-state index is 0.394. The molecule has 0 spiro atoms. The van der Waals surface area contributed by atoms with Crippen molar-refractivity contribution in [2.24, 2.45) is 0 Å². The van der Waals surface area contributed by atoms with Gasteiger partial charge in [-0.2, -0.15) is 13.2 Å². The molecule has 0 aromatic carbocycles. The van der Waals surface area contributed by atoms with Gasteiger partial charge in [0.15, 0.2) is 6.10 Å². The lowest BCUT2D eigenvalue weighted by Gasteiger charge is -2.14. The molecular weight excluding hydrogens is 205 g/mol. The number of halogens is 3. The van der Waals surface area contributed by atoms with Crippen LogP contribution in [0, 0.1) is 0 Å². The van der Waals surface area contributed by atoms with E-state index in [1.54, 1.807) is 0 Å². The number of hydrogen-bond donors (Lipinski definition) is 1. The van der Waals surface area contributed by atoms with Gasteiger partial charge < -0.3 is 9.84 Å². The number of ether oxygens (including phenoxy) is 1. The van der Waals surface area contributed by atoms with Gasteiger partial charge in [-0.05, 0) is 6.92 Å². The third kappa shape index (κ3) is 5.18. The second-order valence-corrected chi connectivity index (χ2v) is 2.29. The van der Waals surface area contributed by atoms with Crippen LogP contribution in [-0.4, -0.2) is 29.3 Å². The molecular formula is C7H7F3O4. The first-order valence-electron chi connectivity index (χ1n) is 3.42. The Balaban J connectivity index is 4.14. The van der Waals surface area contributed by atoms with Gasteiger partial charge in [-0.1, -0.05) is 0 Å². The molecule has 1 N–H and O–H groups in total. The second kappa shape index (κ2) is 4.64. The zero-order valence-electron chi connectivity index (χ0n) is 7.04. The zero-order chi connectivity index (χ0) is 11.4. The Morgan fingerprint density at radius 3 is 2.21 bits per heavy atom. The highest BCUT2D eigenvalue weighted by atomic mass is 19.4. The summed E-state index contributed by atoms with van der Waals surface area (Å²) in [5.74, 6) is -2.79. The Morgan fingerprint density at radius 2 is 1.86 bits per heavy atom. The van der Waals surface area contributed by atoms with Crippen LogP contribution in [0.15, 0.2) is 12.2 Å². The van der Waals surface area contributed by atoms with E-state index >= 15 is 0 Å². The summed E-state index contributed by atoms with van der Waals surface area (Å²) in [5, 5.41) is 8.04. The number of hydrogen-bond acceptors (Lipinski definition) is 3. The largest absolute Gasteiger partial charge is 0.478 e. The van der Waals surface area contributed by atoms with E-state index in [1.807, 2.05) is 0 Å². The van der Waals surface area contributed by atoms with Gasteiger partial charge in [0.2, 0.25) is 0 Å². The molecule has 0 aliphatic heterocycles. The lowest BCUT2D eigenvalue weighted by molar-refractivity contribution is -0.213. The Morgan fingerprint density at radius 1 is 1.36 bits per heavy atom. The highest BCUT2D eigenvalue weighted by Gasteiger charge is 2.38. The monoisotopic (exact) mass is 212 g/mol. The van der Waals surface area contributed by atoms with E-state index in [1.165, 1.54) is 0 Å². The van der Waals surface area contributed by atoms with Gasteiger partial charge in [0.25, 0.3) is 0 Å². The molecule has 0 aromatic heterocycles. The summed E-state index contributed by atoms with van der Waals surface area (Å²) in [6, 6.07) is 0. The van der Waals surface area contributed by atoms with E-state index in [-0.39, 0.29) is 0 Å². The van der Waals surface area contributed by atoms with E-state index in [0.29, 0.717) is 19.1 Å². The van der Waals surface area contributed by atoms with Gasteiger partial charge in [0.05, 0.1) is 0 Å². The molecule has 0 aromatic rings. The van der Waals surface area contributed by atoms with Gasteiger partial charge >= 0.3 is 18.1 Å². The summed E-state index contributed by atoms with van der Waals surface area (Å²) in [4.78, 5) is 20.4. The number of carboxylic acids is 1. The molecule has 0 radical (unpaired) electrons. The third-order valence-electron chi connectivity index (χ3n) is 1.12. The fourth-order valence-electron chi connectivity index (χ4n) is 0.420. The number of carbonyl (C=O) groups excluding carboxylic acids is 1. The van der Waals surface area contributed by atoms with Crippen LogP contribution in [0.25, 0.3) is 0 Å². The topological polar surface area (TPSA) is 63.6 Å². The fourth-order valence-corrected chi connectivity index (χ4v) is 0.420. The SMILES string of the molecule is CC(OC(=O)C=CC(=O)O)C(F)(F)F. The fraction of sp³-hybridized carbons (Fsp3) is 0.429. The van der Waals surface area contributed by atoms with Crippen molar-refractivity contribution in [1.82, 2.24) is 0 Å². The molecule has 1 atom stereocenters. The van der Waals surface area contributed by atoms with Gasteiger partial charge in [0, 0.05) is 12.2 Å². The molecule has 7 heteroatoms. The molecule has 0 bridgehead atoms. The third-order valence-corrected chi connectivity index (χ3v) is 1.12. The molecule has 0 rings (SSSR count). The highest BCUT2D eigenvalue weighted by Crippen LogP contribution is 2.22. The van der Waals surface area contributed by atoms with Gasteiger partial charge in [-0.3, -0.25) is 0 Å². The van der Waals surface area contributed by atoms with Crippen LogP contribution >= 0.6 is 0 Å². The number of alkyl halides is 3. The molecule has 1 unspecified atom stereocenters. The van der Waals surface area contributed by atoms with Gasteiger partial charge in [-0.15, -0.1) is 0 Å². The van der Waals surface area contributed by atoms with E-state index in [2.05, 4.69) is 4.74 Å². The second-order valence-electron chi connectivity index (χ2n) is 2.29. The van der Waals surface area contributed by atoms with E-state index in [9.17, 15) is 22.8 Å². The summed E-state index contributed by atoms with van der Waals surface area (Å²) in [7, 11) is 0. The standard InChI is InChI=1S/C7H7F3O4/c1-4(7(8,9)10)14-6(13)3-2-5(11)12/h2-4H,1H3,(H,11,12). The van der Waals surface area contributed by atoms with Crippen molar-refractivity contribution in [3.63, 3.8) is 0 Å². The van der Waals surface area contributed by atoms with E-state index < -0.39 is 24.2 Å². The molecule has 80 valence electrons. The molecule has 0 saturated heterocycles. The number of rotatable bonds is 3. The molecule has 0 saturated carbocycles. The number of carboxylic acid groups (broad SMARTS) is 1. The quantitative estimate of drug-likeness (QED) is 0.562. The average Bonchev–Trinajstić information content (AvgIpc) is 1.99. The molecule has 4 nitrogen and oxygen atoms in total. The smallest absolute Gasteiger partial charge is 0.425 e. The van der Waals surface area contributed by atoms with Crippen LogP contribution in [-0.2, 0) is 14.3 Å². The lowest BCUT2D eigenvalue weighted by atomic mass is 10.4. The van der Waals surface area contributed by atoms with Crippen LogP contribution in [0.3, 0.4) is 0 Å². The average molecular weight is 212 g/mol. The maximum absolute atomic E-state index is 11.8. The Bertz CT molecular complexity index is 256. The van der Waals surface area contributed by atoms with Crippen molar-refractivity contribution in [1.29, 1.82) is 0 Å². The number of aliphatic carboxylic acids is 1. The zero-order valence-corrected chi connectivity index (χ0v) is 7.04. The predicted octanol–water partition coefficient (Wildman–Crippen LogP) is 1.12. The summed E-state index contributed by atoms with van der Waals surface area (Å²) < 4.78 is 39.2. The van der Waals surface area contributed by atoms with Crippen LogP contribution in [0.2, 0.25) is 0 Å². The summed E-state index contributed by atoms with van der Waals surface area (Å²) in [6.45, 7) is 0.645. The van der Waals surface area contributed by atoms with Crippen LogP contribution in [0.1, 0.15) is 6.92 Å². The van der Waals surface area contributed by atoms with Crippen molar-refractivity contribution in [2.75, 3.05) is 0 Å². The van der Waals surface area contributed by atoms with Crippen LogP contribution < -0.4 is 0 Å². The lowest BCUT2D eigenvalue weighted by Crippen LogP contribution is -2.30. The van der Waals surface area contributed by atoms with Crippen molar-refractivity contribution < 1.29 is 32.6 Å². The summed E-state index contributed by atoms with van der Waals surface area (Å²) in [5.41, 5.74) is 0. The summed E-state index contributed by atoms with van der Waals surface area (Å²) >= 11 is 0. The minimum atomic E-state index is -4.65. The Labute approximate surface area is 77.0 Å². The first-order valence-corrected chi connectivity index (χ1v) is 3.42. The number of carbonyl (C=O) groups is 2. The Kier molecular flexibility index (Phi) is 4.13. The van der Waals surface area contributed by atoms with Gasteiger partial charge in [-0.25, -0.2) is 9.59 Å². The first-order chi connectivity index (χ1) is 6.23. The van der Waals surface area contributed by atoms with Crippen LogP contribution in [0.4, 0.5) is 13.2 Å². The predicted molar refractivity (Wildman–Crippen MR) is 38.4 cm³/mol. The minimum Gasteiger partial charge on any atom is -0.478 e. The molecule has 0 aliphatic carbocycles. The molecule has 14 heavy (non-hydrogen) atoms. The Hall–Kier alpha value is -1.53. The maximum atomic E-state index is 11.8. The van der Waals surface area contributed by atoms with E-state index in [4.69, 9.17) is 5.11 Å². The van der Waals surface area contributed by atoms with Crippen molar-refractivity contribution in [2.45, 2.75) is 19.2 Å². The molecule has 0 amide bonds. The maximum Gasteiger partial charge on any atom is 0.425 e. The number of esters is 1. The molecule has 0 aliphatic rings. The van der Waals surface area contributed by atoms with Gasteiger partial charge in [0.1, 0.15) is 0 Å². The van der Waals surface area contributed by atoms with Crippen LogP contribution in [0.5, 0.6) is 0 Å². The van der Waals surface area contributed by atoms with Crippen molar-refractivity contribution >= 4 is 11.9 Å². The normalized spacial score (nSPS) is 14.0. The van der Waals surface area contributed by atoms with Crippen molar-refractivity contribution in [3.8, 4) is 0 Å². The molecule has 0 heterocycles. The first kappa shape index (κ1) is 12.5. The summed E-state index contributed by atoms with van der Waals surface area (Å²) in [6.07, 6.45) is -6.10. The highest BCUT2D eigenvalue weighted by molar-refractivity contribution is 5.90. The van der Waals surface area contributed by atoms with Crippen molar-refractivity contribution in [3.05, 3.63) is 12.2 Å².